The van der Waals surface area contributed by atoms with Gasteiger partial charge in [0.1, 0.15) is 11.6 Å². The van der Waals surface area contributed by atoms with Crippen LogP contribution in [-0.4, -0.2) is 27.2 Å². The molecule has 34 heavy (non-hydrogen) atoms. The molecule has 3 aromatic carbocycles. The van der Waals surface area contributed by atoms with Crippen molar-refractivity contribution in [1.29, 1.82) is 0 Å². The number of halogens is 1. The number of sulfonamides is 1. The molecule has 0 heterocycles. The van der Waals surface area contributed by atoms with Crippen LogP contribution in [0.2, 0.25) is 0 Å². The molecule has 0 aliphatic rings. The van der Waals surface area contributed by atoms with E-state index in [-0.39, 0.29) is 30.8 Å². The summed E-state index contributed by atoms with van der Waals surface area (Å²) < 4.78 is 44.7. The number of amides is 1. The molecule has 3 rings (SSSR count). The number of rotatable bonds is 9. The van der Waals surface area contributed by atoms with Crippen molar-refractivity contribution in [2.75, 3.05) is 22.5 Å². The molecule has 0 saturated carbocycles. The van der Waals surface area contributed by atoms with E-state index in [0.717, 1.165) is 23.1 Å². The fourth-order valence-corrected chi connectivity index (χ4v) is 4.42. The lowest BCUT2D eigenvalue weighted by Crippen LogP contribution is -2.29. The van der Waals surface area contributed by atoms with Gasteiger partial charge in [0, 0.05) is 5.69 Å². The quantitative estimate of drug-likeness (QED) is 0.451. The molecular formula is C26H29FN2O4S. The highest BCUT2D eigenvalue weighted by Gasteiger charge is 2.18. The molecule has 1 amide bonds. The lowest BCUT2D eigenvalue weighted by atomic mass is 9.98. The van der Waals surface area contributed by atoms with Crippen molar-refractivity contribution in [2.45, 2.75) is 33.2 Å². The van der Waals surface area contributed by atoms with E-state index in [1.165, 1.54) is 16.4 Å². The largest absolute Gasteiger partial charge is 0.484 e. The maximum absolute atomic E-state index is 13.2. The van der Waals surface area contributed by atoms with Crippen molar-refractivity contribution < 1.29 is 22.3 Å². The maximum atomic E-state index is 13.2. The summed E-state index contributed by atoms with van der Waals surface area (Å²) >= 11 is 0. The fourth-order valence-electron chi connectivity index (χ4n) is 3.53. The van der Waals surface area contributed by atoms with Crippen molar-refractivity contribution >= 4 is 27.3 Å². The highest BCUT2D eigenvalue weighted by Crippen LogP contribution is 2.28. The van der Waals surface area contributed by atoms with Crippen molar-refractivity contribution in [3.63, 3.8) is 0 Å². The first kappa shape index (κ1) is 25.2. The summed E-state index contributed by atoms with van der Waals surface area (Å²) in [5.41, 5.74) is 3.92. The van der Waals surface area contributed by atoms with Gasteiger partial charge in [-0.15, -0.1) is 0 Å². The average molecular weight is 485 g/mol. The predicted octanol–water partition coefficient (Wildman–Crippen LogP) is 5.24. The second-order valence-electron chi connectivity index (χ2n) is 8.42. The minimum absolute atomic E-state index is 0.0658. The van der Waals surface area contributed by atoms with Gasteiger partial charge >= 0.3 is 0 Å². The lowest BCUT2D eigenvalue weighted by Gasteiger charge is -2.23. The smallest absolute Gasteiger partial charge is 0.262 e. The van der Waals surface area contributed by atoms with Gasteiger partial charge < -0.3 is 10.1 Å². The zero-order valence-electron chi connectivity index (χ0n) is 19.7. The van der Waals surface area contributed by atoms with Gasteiger partial charge in [0.15, 0.2) is 6.61 Å². The normalized spacial score (nSPS) is 11.4. The van der Waals surface area contributed by atoms with Crippen LogP contribution < -0.4 is 14.4 Å². The van der Waals surface area contributed by atoms with E-state index in [1.54, 1.807) is 36.4 Å². The number of aryl methyl sites for hydroxylation is 1. The number of nitrogens with one attached hydrogen (secondary N) is 1. The van der Waals surface area contributed by atoms with Crippen LogP contribution in [0.15, 0.2) is 66.7 Å². The summed E-state index contributed by atoms with van der Waals surface area (Å²) in [4.78, 5) is 12.5. The number of hydrogen-bond donors (Lipinski definition) is 1. The third-order valence-corrected chi connectivity index (χ3v) is 6.47. The van der Waals surface area contributed by atoms with Crippen LogP contribution in [-0.2, 0) is 21.4 Å². The molecule has 0 saturated heterocycles. The zero-order chi connectivity index (χ0) is 24.9. The van der Waals surface area contributed by atoms with E-state index in [0.29, 0.717) is 17.0 Å². The van der Waals surface area contributed by atoms with Crippen LogP contribution in [0, 0.1) is 12.7 Å². The van der Waals surface area contributed by atoms with Gasteiger partial charge in [0.05, 0.1) is 18.5 Å². The van der Waals surface area contributed by atoms with E-state index in [1.807, 2.05) is 25.1 Å². The first-order valence-corrected chi connectivity index (χ1v) is 12.7. The Kier molecular flexibility index (Phi) is 7.94. The first-order chi connectivity index (χ1) is 16.0. The van der Waals surface area contributed by atoms with Gasteiger partial charge in [-0.3, -0.25) is 9.10 Å². The number of hydrogen-bond acceptors (Lipinski definition) is 4. The summed E-state index contributed by atoms with van der Waals surface area (Å²) in [5.74, 6) is 0.0248. The molecule has 0 spiro atoms. The topological polar surface area (TPSA) is 75.7 Å². The van der Waals surface area contributed by atoms with Crippen molar-refractivity contribution in [1.82, 2.24) is 0 Å². The van der Waals surface area contributed by atoms with Crippen LogP contribution in [0.5, 0.6) is 5.75 Å². The summed E-state index contributed by atoms with van der Waals surface area (Å²) in [6.07, 6.45) is 1.11. The van der Waals surface area contributed by atoms with E-state index in [4.69, 9.17) is 4.74 Å². The number of carbonyl (C=O) groups excluding carboxylic acids is 1. The highest BCUT2D eigenvalue weighted by molar-refractivity contribution is 7.92. The summed E-state index contributed by atoms with van der Waals surface area (Å²) in [6, 6.07) is 18.0. The first-order valence-electron chi connectivity index (χ1n) is 10.9. The van der Waals surface area contributed by atoms with Crippen molar-refractivity contribution in [2.24, 2.45) is 0 Å². The SMILES string of the molecule is Cc1cccc(C(C)C)c1NC(=O)COc1ccc(N(Cc2ccc(F)cc2)S(C)(=O)=O)cc1. The van der Waals surface area contributed by atoms with E-state index < -0.39 is 10.0 Å². The Morgan fingerprint density at radius 2 is 1.68 bits per heavy atom. The standard InChI is InChI=1S/C26H29FN2O4S/c1-18(2)24-7-5-6-19(3)26(24)28-25(30)17-33-23-14-12-22(13-15-23)29(34(4,31)32)16-20-8-10-21(27)11-9-20/h5-15,18H,16-17H2,1-4H3,(H,28,30). The average Bonchev–Trinajstić information content (AvgIpc) is 2.78. The van der Waals surface area contributed by atoms with E-state index >= 15 is 0 Å². The second-order valence-corrected chi connectivity index (χ2v) is 10.3. The van der Waals surface area contributed by atoms with Gasteiger partial charge in [-0.1, -0.05) is 44.2 Å². The molecule has 180 valence electrons. The number of ether oxygens (including phenoxy) is 1. The van der Waals surface area contributed by atoms with Crippen LogP contribution in [0.4, 0.5) is 15.8 Å². The maximum Gasteiger partial charge on any atom is 0.262 e. The Balaban J connectivity index is 1.67. The molecule has 0 bridgehead atoms. The molecule has 0 aliphatic heterocycles. The van der Waals surface area contributed by atoms with Gasteiger partial charge in [-0.25, -0.2) is 12.8 Å². The minimum Gasteiger partial charge on any atom is -0.484 e. The second kappa shape index (κ2) is 10.7. The number of anilines is 2. The van der Waals surface area contributed by atoms with E-state index in [2.05, 4.69) is 19.2 Å². The molecule has 0 aliphatic carbocycles. The fraction of sp³-hybridized carbons (Fsp3) is 0.269. The van der Waals surface area contributed by atoms with Gasteiger partial charge in [-0.05, 0) is 65.9 Å². The third kappa shape index (κ3) is 6.57. The van der Waals surface area contributed by atoms with Gasteiger partial charge in [-0.2, -0.15) is 0 Å². The van der Waals surface area contributed by atoms with Crippen LogP contribution in [0.3, 0.4) is 0 Å². The summed E-state index contributed by atoms with van der Waals surface area (Å²) in [5, 5.41) is 2.93. The van der Waals surface area contributed by atoms with Crippen molar-refractivity contribution in [3.8, 4) is 5.75 Å². The van der Waals surface area contributed by atoms with Crippen LogP contribution in [0.25, 0.3) is 0 Å². The lowest BCUT2D eigenvalue weighted by molar-refractivity contribution is -0.118. The number of nitrogens with zero attached hydrogens (tertiary/aromatic N) is 1. The highest BCUT2D eigenvalue weighted by atomic mass is 32.2. The molecule has 0 radical (unpaired) electrons. The molecule has 3 aromatic rings. The Labute approximate surface area is 200 Å². The van der Waals surface area contributed by atoms with Gasteiger partial charge in [0.25, 0.3) is 5.91 Å². The summed E-state index contributed by atoms with van der Waals surface area (Å²) in [6.45, 7) is 5.96. The zero-order valence-corrected chi connectivity index (χ0v) is 20.5. The van der Waals surface area contributed by atoms with Crippen LogP contribution >= 0.6 is 0 Å². The number of benzene rings is 3. The predicted molar refractivity (Wildman–Crippen MR) is 133 cm³/mol. The molecule has 0 aromatic heterocycles. The van der Waals surface area contributed by atoms with Gasteiger partial charge in [0.2, 0.25) is 10.0 Å². The number of carbonyl (C=O) groups is 1. The monoisotopic (exact) mass is 484 g/mol. The molecule has 0 fully saturated rings. The Bertz CT molecular complexity index is 1240. The molecule has 0 unspecified atom stereocenters. The van der Waals surface area contributed by atoms with Crippen LogP contribution in [0.1, 0.15) is 36.5 Å². The van der Waals surface area contributed by atoms with Crippen molar-refractivity contribution in [3.05, 3.63) is 89.2 Å². The molecule has 0 atom stereocenters. The minimum atomic E-state index is -3.58. The molecular weight excluding hydrogens is 455 g/mol. The molecule has 1 N–H and O–H groups in total. The Morgan fingerprint density at radius 1 is 1.03 bits per heavy atom. The Hall–Kier alpha value is -3.39. The molecule has 8 heteroatoms. The summed E-state index contributed by atoms with van der Waals surface area (Å²) in [7, 11) is -3.58. The third-order valence-electron chi connectivity index (χ3n) is 5.33. The Morgan fingerprint density at radius 3 is 2.26 bits per heavy atom. The molecule has 6 nitrogen and oxygen atoms in total. The van der Waals surface area contributed by atoms with E-state index in [9.17, 15) is 17.6 Å². The number of para-hydroxylation sites is 1.